The Morgan fingerprint density at radius 3 is 2.11 bits per heavy atom. The molecule has 0 aliphatic heterocycles. The molecule has 0 radical (unpaired) electrons. The van der Waals surface area contributed by atoms with Gasteiger partial charge >= 0.3 is 6.09 Å². The number of unbranched alkanes of at least 4 members (excludes halogenated alkanes) is 5. The first-order valence-corrected chi connectivity index (χ1v) is 13.0. The summed E-state index contributed by atoms with van der Waals surface area (Å²) in [5.74, 6) is -0.533. The number of nitrogens with one attached hydrogen (secondary N) is 2. The number of rotatable bonds is 13. The maximum absolute atomic E-state index is 13.7. The molecule has 3 amide bonds. The number of nitrogens with zero attached hydrogens (tertiary/aromatic N) is 1. The van der Waals surface area contributed by atoms with Gasteiger partial charge in [0.1, 0.15) is 17.7 Å². The topological polar surface area (TPSA) is 87.7 Å². The SMILES string of the molecule is CCCCCCCCN(C(=O)C(C)NC(=O)OC(C)(C)C)C(C(=O)NC(C)C)c1ccccc1C. The van der Waals surface area contributed by atoms with Gasteiger partial charge in [0, 0.05) is 12.6 Å². The van der Waals surface area contributed by atoms with E-state index in [4.69, 9.17) is 4.74 Å². The van der Waals surface area contributed by atoms with Crippen molar-refractivity contribution in [2.24, 2.45) is 0 Å². The summed E-state index contributed by atoms with van der Waals surface area (Å²) in [7, 11) is 0. The zero-order chi connectivity index (χ0) is 26.6. The van der Waals surface area contributed by atoms with Gasteiger partial charge in [0.2, 0.25) is 11.8 Å². The van der Waals surface area contributed by atoms with Gasteiger partial charge in [-0.1, -0.05) is 63.3 Å². The molecule has 1 aromatic carbocycles. The van der Waals surface area contributed by atoms with Gasteiger partial charge in [0.25, 0.3) is 0 Å². The number of aryl methyl sites for hydroxylation is 1. The summed E-state index contributed by atoms with van der Waals surface area (Å²) in [6.07, 6.45) is 5.73. The number of hydrogen-bond acceptors (Lipinski definition) is 4. The lowest BCUT2D eigenvalue weighted by Crippen LogP contribution is -2.52. The molecule has 0 aliphatic carbocycles. The minimum absolute atomic E-state index is 0.0719. The average molecular weight is 490 g/mol. The molecule has 1 aromatic rings. The van der Waals surface area contributed by atoms with Crippen LogP contribution in [0.25, 0.3) is 0 Å². The number of benzene rings is 1. The van der Waals surface area contributed by atoms with Crippen LogP contribution in [-0.4, -0.2) is 47.0 Å². The largest absolute Gasteiger partial charge is 0.444 e. The van der Waals surface area contributed by atoms with E-state index in [0.717, 1.165) is 36.8 Å². The minimum atomic E-state index is -0.844. The molecule has 0 saturated carbocycles. The zero-order valence-electron chi connectivity index (χ0n) is 23.1. The van der Waals surface area contributed by atoms with Crippen LogP contribution < -0.4 is 10.6 Å². The summed E-state index contributed by atoms with van der Waals surface area (Å²) in [5.41, 5.74) is 1.05. The molecule has 2 N–H and O–H groups in total. The number of hydrogen-bond donors (Lipinski definition) is 2. The van der Waals surface area contributed by atoms with E-state index in [-0.39, 0.29) is 17.9 Å². The molecule has 7 heteroatoms. The second kappa shape index (κ2) is 14.7. The molecule has 2 unspecified atom stereocenters. The van der Waals surface area contributed by atoms with E-state index >= 15 is 0 Å². The molecule has 0 bridgehead atoms. The predicted molar refractivity (Wildman–Crippen MR) is 141 cm³/mol. The number of alkyl carbamates (subject to hydrolysis) is 1. The molecule has 2 atom stereocenters. The first kappa shape index (κ1) is 30.5. The fourth-order valence-electron chi connectivity index (χ4n) is 3.93. The molecule has 0 aliphatic rings. The van der Waals surface area contributed by atoms with Crippen molar-refractivity contribution in [2.75, 3.05) is 6.54 Å². The normalized spacial score (nSPS) is 13.2. The summed E-state index contributed by atoms with van der Waals surface area (Å²) < 4.78 is 5.34. The summed E-state index contributed by atoms with van der Waals surface area (Å²) in [4.78, 5) is 41.1. The van der Waals surface area contributed by atoms with Gasteiger partial charge in [-0.3, -0.25) is 9.59 Å². The fraction of sp³-hybridized carbons (Fsp3) is 0.679. The standard InChI is InChI=1S/C28H47N3O4/c1-9-10-11-12-13-16-19-31(26(33)22(5)30-27(34)35-28(6,7)8)24(25(32)29-20(2)3)23-18-15-14-17-21(23)4/h14-15,17-18,20,22,24H,9-13,16,19H2,1-8H3,(H,29,32)(H,30,34). The summed E-state index contributed by atoms with van der Waals surface area (Å²) >= 11 is 0. The van der Waals surface area contributed by atoms with Crippen LogP contribution in [0.2, 0.25) is 0 Å². The van der Waals surface area contributed by atoms with Crippen LogP contribution >= 0.6 is 0 Å². The second-order valence-electron chi connectivity index (χ2n) is 10.6. The van der Waals surface area contributed by atoms with Crippen molar-refractivity contribution >= 4 is 17.9 Å². The number of carbonyl (C=O) groups is 3. The highest BCUT2D eigenvalue weighted by Gasteiger charge is 2.35. The van der Waals surface area contributed by atoms with Crippen molar-refractivity contribution in [3.8, 4) is 0 Å². The molecule has 0 saturated heterocycles. The van der Waals surface area contributed by atoms with Gasteiger partial charge in [-0.25, -0.2) is 4.79 Å². The number of carbonyl (C=O) groups excluding carboxylic acids is 3. The van der Waals surface area contributed by atoms with E-state index in [1.165, 1.54) is 12.8 Å². The van der Waals surface area contributed by atoms with Crippen LogP contribution in [0.3, 0.4) is 0 Å². The molecule has 0 aromatic heterocycles. The molecular weight excluding hydrogens is 442 g/mol. The number of ether oxygens (including phenoxy) is 1. The van der Waals surface area contributed by atoms with Crippen molar-refractivity contribution < 1.29 is 19.1 Å². The van der Waals surface area contributed by atoms with Crippen LogP contribution in [-0.2, 0) is 14.3 Å². The van der Waals surface area contributed by atoms with Gasteiger partial charge in [0.05, 0.1) is 0 Å². The Morgan fingerprint density at radius 2 is 1.54 bits per heavy atom. The van der Waals surface area contributed by atoms with Crippen LogP contribution in [0.1, 0.15) is 104 Å². The Hall–Kier alpha value is -2.57. The van der Waals surface area contributed by atoms with E-state index in [9.17, 15) is 14.4 Å². The molecular formula is C28H47N3O4. The van der Waals surface area contributed by atoms with Crippen molar-refractivity contribution in [3.05, 3.63) is 35.4 Å². The first-order chi connectivity index (χ1) is 16.4. The van der Waals surface area contributed by atoms with Gasteiger partial charge in [-0.05, 0) is 66.0 Å². The predicted octanol–water partition coefficient (Wildman–Crippen LogP) is 5.66. The molecule has 35 heavy (non-hydrogen) atoms. The monoisotopic (exact) mass is 489 g/mol. The van der Waals surface area contributed by atoms with Crippen molar-refractivity contribution in [3.63, 3.8) is 0 Å². The van der Waals surface area contributed by atoms with E-state index in [1.807, 2.05) is 45.0 Å². The highest BCUT2D eigenvalue weighted by molar-refractivity contribution is 5.92. The summed E-state index contributed by atoms with van der Waals surface area (Å²) in [6.45, 7) is 15.3. The molecule has 198 valence electrons. The lowest BCUT2D eigenvalue weighted by Gasteiger charge is -2.34. The van der Waals surface area contributed by atoms with Crippen molar-refractivity contribution in [1.82, 2.24) is 15.5 Å². The first-order valence-electron chi connectivity index (χ1n) is 13.0. The summed E-state index contributed by atoms with van der Waals surface area (Å²) in [6, 6.07) is 5.94. The minimum Gasteiger partial charge on any atom is -0.444 e. The zero-order valence-corrected chi connectivity index (χ0v) is 23.1. The maximum atomic E-state index is 13.7. The third-order valence-corrected chi connectivity index (χ3v) is 5.61. The highest BCUT2D eigenvalue weighted by Crippen LogP contribution is 2.26. The average Bonchev–Trinajstić information content (AvgIpc) is 2.73. The third-order valence-electron chi connectivity index (χ3n) is 5.61. The molecule has 0 heterocycles. The molecule has 0 fully saturated rings. The van der Waals surface area contributed by atoms with Crippen LogP contribution in [0.15, 0.2) is 24.3 Å². The van der Waals surface area contributed by atoms with Gasteiger partial charge < -0.3 is 20.3 Å². The lowest BCUT2D eigenvalue weighted by molar-refractivity contribution is -0.142. The lowest BCUT2D eigenvalue weighted by atomic mass is 9.97. The highest BCUT2D eigenvalue weighted by atomic mass is 16.6. The fourth-order valence-corrected chi connectivity index (χ4v) is 3.93. The Bertz CT molecular complexity index is 817. The summed E-state index contributed by atoms with van der Waals surface area (Å²) in [5, 5.41) is 5.64. The molecule has 7 nitrogen and oxygen atoms in total. The van der Waals surface area contributed by atoms with E-state index in [2.05, 4.69) is 17.6 Å². The Labute approximate surface area is 212 Å². The maximum Gasteiger partial charge on any atom is 0.408 e. The molecule has 1 rings (SSSR count). The van der Waals surface area contributed by atoms with Gasteiger partial charge in [0.15, 0.2) is 0 Å². The van der Waals surface area contributed by atoms with Crippen LogP contribution in [0, 0.1) is 6.92 Å². The van der Waals surface area contributed by atoms with Crippen molar-refractivity contribution in [2.45, 2.75) is 118 Å². The second-order valence-corrected chi connectivity index (χ2v) is 10.6. The van der Waals surface area contributed by atoms with Gasteiger partial charge in [-0.15, -0.1) is 0 Å². The van der Waals surface area contributed by atoms with Gasteiger partial charge in [-0.2, -0.15) is 0 Å². The molecule has 0 spiro atoms. The Kier molecular flexibility index (Phi) is 12.8. The smallest absolute Gasteiger partial charge is 0.408 e. The van der Waals surface area contributed by atoms with E-state index in [0.29, 0.717) is 6.54 Å². The van der Waals surface area contributed by atoms with Crippen LogP contribution in [0.5, 0.6) is 0 Å². The van der Waals surface area contributed by atoms with Crippen LogP contribution in [0.4, 0.5) is 4.79 Å². The quantitative estimate of drug-likeness (QED) is 0.350. The number of amides is 3. The Balaban J connectivity index is 3.24. The van der Waals surface area contributed by atoms with E-state index in [1.54, 1.807) is 32.6 Å². The van der Waals surface area contributed by atoms with Crippen molar-refractivity contribution in [1.29, 1.82) is 0 Å². The third kappa shape index (κ3) is 11.1. The Morgan fingerprint density at radius 1 is 0.943 bits per heavy atom. The van der Waals surface area contributed by atoms with E-state index < -0.39 is 23.8 Å².